The van der Waals surface area contributed by atoms with Crippen LogP contribution in [0.4, 0.5) is 8.78 Å². The summed E-state index contributed by atoms with van der Waals surface area (Å²) in [6.45, 7) is 7.35. The minimum atomic E-state index is -0.373. The van der Waals surface area contributed by atoms with Gasteiger partial charge in [0.05, 0.1) is 0 Å². The summed E-state index contributed by atoms with van der Waals surface area (Å²) in [6.07, 6.45) is 5.95. The number of benzene rings is 1. The van der Waals surface area contributed by atoms with Crippen molar-refractivity contribution in [3.8, 4) is 0 Å². The molecule has 1 aliphatic rings. The van der Waals surface area contributed by atoms with Crippen LogP contribution in [0.5, 0.6) is 0 Å². The fourth-order valence-corrected chi connectivity index (χ4v) is 3.30. The summed E-state index contributed by atoms with van der Waals surface area (Å²) >= 11 is 0. The van der Waals surface area contributed by atoms with Crippen molar-refractivity contribution in [2.45, 2.75) is 65.5 Å². The first-order valence-electron chi connectivity index (χ1n) is 8.03. The first kappa shape index (κ1) is 16.4. The first-order chi connectivity index (χ1) is 9.86. The molecule has 1 aliphatic carbocycles. The van der Waals surface area contributed by atoms with Gasteiger partial charge in [-0.15, -0.1) is 0 Å². The lowest BCUT2D eigenvalue weighted by molar-refractivity contribution is 0.213. The van der Waals surface area contributed by atoms with Gasteiger partial charge in [-0.25, -0.2) is 8.78 Å². The van der Waals surface area contributed by atoms with Crippen LogP contribution in [0, 0.1) is 23.0 Å². The monoisotopic (exact) mass is 295 g/mol. The maximum absolute atomic E-state index is 13.6. The highest BCUT2D eigenvalue weighted by Crippen LogP contribution is 2.36. The Morgan fingerprint density at radius 1 is 1.10 bits per heavy atom. The highest BCUT2D eigenvalue weighted by molar-refractivity contribution is 5.18. The van der Waals surface area contributed by atoms with Crippen LogP contribution in [-0.4, -0.2) is 6.04 Å². The van der Waals surface area contributed by atoms with Crippen LogP contribution in [0.3, 0.4) is 0 Å². The van der Waals surface area contributed by atoms with E-state index in [2.05, 4.69) is 26.1 Å². The molecule has 1 nitrogen and oxygen atoms in total. The highest BCUT2D eigenvalue weighted by Gasteiger charge is 2.27. The van der Waals surface area contributed by atoms with E-state index < -0.39 is 0 Å². The van der Waals surface area contributed by atoms with Crippen molar-refractivity contribution in [1.29, 1.82) is 0 Å². The molecular formula is C18H27F2N. The fraction of sp³-hybridized carbons (Fsp3) is 0.667. The summed E-state index contributed by atoms with van der Waals surface area (Å²) in [5, 5.41) is 3.41. The predicted molar refractivity (Wildman–Crippen MR) is 83.0 cm³/mol. The molecule has 0 bridgehead atoms. The molecule has 21 heavy (non-hydrogen) atoms. The lowest BCUT2D eigenvalue weighted by Crippen LogP contribution is -2.28. The van der Waals surface area contributed by atoms with Gasteiger partial charge in [0.15, 0.2) is 0 Å². The Bertz CT molecular complexity index is 465. The minimum absolute atomic E-state index is 0.329. The Morgan fingerprint density at radius 3 is 2.57 bits per heavy atom. The SMILES string of the molecule is CC(C)(C)C1CCCC(NCc2cc(F)ccc2F)CC1. The van der Waals surface area contributed by atoms with Crippen LogP contribution in [-0.2, 0) is 6.54 Å². The van der Waals surface area contributed by atoms with Crippen LogP contribution < -0.4 is 5.32 Å². The third kappa shape index (κ3) is 4.77. The molecule has 1 aromatic carbocycles. The molecule has 2 rings (SSSR count). The molecule has 0 radical (unpaired) electrons. The molecule has 1 fully saturated rings. The summed E-state index contributed by atoms with van der Waals surface area (Å²) in [6, 6.07) is 4.07. The lowest BCUT2D eigenvalue weighted by atomic mass is 9.76. The standard InChI is InChI=1S/C18H27F2N/c1-18(2,3)14-5-4-6-16(9-7-14)21-12-13-11-15(19)8-10-17(13)20/h8,10-11,14,16,21H,4-7,9,12H2,1-3H3. The first-order valence-corrected chi connectivity index (χ1v) is 8.03. The van der Waals surface area contributed by atoms with Gasteiger partial charge in [0, 0.05) is 18.2 Å². The van der Waals surface area contributed by atoms with Crippen molar-refractivity contribution >= 4 is 0 Å². The van der Waals surface area contributed by atoms with Gasteiger partial charge in [0.2, 0.25) is 0 Å². The van der Waals surface area contributed by atoms with Crippen molar-refractivity contribution in [3.63, 3.8) is 0 Å². The second-order valence-electron chi connectivity index (χ2n) is 7.38. The summed E-state index contributed by atoms with van der Waals surface area (Å²) in [5.74, 6) is 0.0576. The fourth-order valence-electron chi connectivity index (χ4n) is 3.30. The molecule has 3 heteroatoms. The number of hydrogen-bond donors (Lipinski definition) is 1. The third-order valence-corrected chi connectivity index (χ3v) is 4.78. The maximum Gasteiger partial charge on any atom is 0.127 e. The zero-order valence-electron chi connectivity index (χ0n) is 13.4. The average Bonchev–Trinajstić information content (AvgIpc) is 2.65. The van der Waals surface area contributed by atoms with Gasteiger partial charge in [-0.1, -0.05) is 27.2 Å². The molecule has 1 aromatic rings. The molecular weight excluding hydrogens is 268 g/mol. The molecule has 0 amide bonds. The second kappa shape index (κ2) is 6.87. The van der Waals surface area contributed by atoms with Crippen LogP contribution >= 0.6 is 0 Å². The van der Waals surface area contributed by atoms with Crippen molar-refractivity contribution in [1.82, 2.24) is 5.32 Å². The lowest BCUT2D eigenvalue weighted by Gasteiger charge is -2.29. The smallest absolute Gasteiger partial charge is 0.127 e. The van der Waals surface area contributed by atoms with E-state index in [0.29, 0.717) is 23.6 Å². The Balaban J connectivity index is 1.88. The van der Waals surface area contributed by atoms with Crippen molar-refractivity contribution in [2.75, 3.05) is 0 Å². The normalized spacial score (nSPS) is 23.9. The molecule has 1 N–H and O–H groups in total. The van der Waals surface area contributed by atoms with Crippen LogP contribution in [0.25, 0.3) is 0 Å². The average molecular weight is 295 g/mol. The zero-order chi connectivity index (χ0) is 15.5. The van der Waals surface area contributed by atoms with Gasteiger partial charge in [0.25, 0.3) is 0 Å². The third-order valence-electron chi connectivity index (χ3n) is 4.78. The van der Waals surface area contributed by atoms with Gasteiger partial charge in [-0.2, -0.15) is 0 Å². The second-order valence-corrected chi connectivity index (χ2v) is 7.38. The number of halogens is 2. The van der Waals surface area contributed by atoms with Gasteiger partial charge >= 0.3 is 0 Å². The van der Waals surface area contributed by atoms with Crippen molar-refractivity contribution in [3.05, 3.63) is 35.4 Å². The van der Waals surface area contributed by atoms with Gasteiger partial charge < -0.3 is 5.32 Å². The summed E-state index contributed by atoms with van der Waals surface area (Å²) in [4.78, 5) is 0. The number of rotatable bonds is 3. The van der Waals surface area contributed by atoms with E-state index >= 15 is 0 Å². The quantitative estimate of drug-likeness (QED) is 0.769. The summed E-state index contributed by atoms with van der Waals surface area (Å²) in [5.41, 5.74) is 0.787. The van der Waals surface area contributed by atoms with Crippen LogP contribution in [0.15, 0.2) is 18.2 Å². The van der Waals surface area contributed by atoms with E-state index in [0.717, 1.165) is 18.8 Å². The Labute approximate surface area is 127 Å². The number of hydrogen-bond acceptors (Lipinski definition) is 1. The minimum Gasteiger partial charge on any atom is -0.310 e. The molecule has 118 valence electrons. The molecule has 0 saturated heterocycles. The molecule has 0 heterocycles. The Kier molecular flexibility index (Phi) is 5.37. The topological polar surface area (TPSA) is 12.0 Å². The number of nitrogens with one attached hydrogen (secondary N) is 1. The van der Waals surface area contributed by atoms with Gasteiger partial charge in [-0.05, 0) is 55.2 Å². The van der Waals surface area contributed by atoms with Gasteiger partial charge in [0.1, 0.15) is 11.6 Å². The summed E-state index contributed by atoms with van der Waals surface area (Å²) in [7, 11) is 0. The maximum atomic E-state index is 13.6. The van der Waals surface area contributed by atoms with E-state index in [-0.39, 0.29) is 11.6 Å². The predicted octanol–water partition coefficient (Wildman–Crippen LogP) is 5.05. The molecule has 0 spiro atoms. The molecule has 0 aliphatic heterocycles. The molecule has 2 atom stereocenters. The Hall–Kier alpha value is -0.960. The zero-order valence-corrected chi connectivity index (χ0v) is 13.4. The summed E-state index contributed by atoms with van der Waals surface area (Å²) < 4.78 is 26.8. The van der Waals surface area contributed by atoms with Gasteiger partial charge in [-0.3, -0.25) is 0 Å². The van der Waals surface area contributed by atoms with Crippen molar-refractivity contribution < 1.29 is 8.78 Å². The van der Waals surface area contributed by atoms with E-state index in [9.17, 15) is 8.78 Å². The largest absolute Gasteiger partial charge is 0.310 e. The van der Waals surface area contributed by atoms with E-state index in [1.54, 1.807) is 0 Å². The van der Waals surface area contributed by atoms with E-state index in [4.69, 9.17) is 0 Å². The molecule has 0 aromatic heterocycles. The van der Waals surface area contributed by atoms with Crippen molar-refractivity contribution in [2.24, 2.45) is 11.3 Å². The Morgan fingerprint density at radius 2 is 1.86 bits per heavy atom. The van der Waals surface area contributed by atoms with Crippen LogP contribution in [0.1, 0.15) is 58.4 Å². The van der Waals surface area contributed by atoms with E-state index in [1.807, 2.05) is 0 Å². The van der Waals surface area contributed by atoms with Crippen LogP contribution in [0.2, 0.25) is 0 Å². The molecule has 1 saturated carbocycles. The van der Waals surface area contributed by atoms with E-state index in [1.165, 1.54) is 37.5 Å². The molecule has 2 unspecified atom stereocenters. The highest BCUT2D eigenvalue weighted by atomic mass is 19.1.